The second-order valence-electron chi connectivity index (χ2n) is 3.62. The van der Waals surface area contributed by atoms with Crippen LogP contribution < -0.4 is 0 Å². The van der Waals surface area contributed by atoms with Crippen LogP contribution in [0.25, 0.3) is 22.2 Å². The summed E-state index contributed by atoms with van der Waals surface area (Å²) in [5, 5.41) is 20.9. The number of fused-ring (bicyclic) bond motifs is 1. The van der Waals surface area contributed by atoms with Crippen LogP contribution in [0.15, 0.2) is 35.0 Å². The zero-order valence-corrected chi connectivity index (χ0v) is 9.49. The third-order valence-electron chi connectivity index (χ3n) is 2.62. The number of para-hydroxylation sites is 1. The number of nitrogens with zero attached hydrogens (tertiary/aromatic N) is 1. The summed E-state index contributed by atoms with van der Waals surface area (Å²) in [7, 11) is 0. The number of carboxylic acids is 1. The highest BCUT2D eigenvalue weighted by atomic mass is 32.1. The molecule has 3 aromatic rings. The minimum absolute atomic E-state index is 0.247. The van der Waals surface area contributed by atoms with Crippen LogP contribution in [0.4, 0.5) is 0 Å². The highest BCUT2D eigenvalue weighted by molar-refractivity contribution is 7.08. The highest BCUT2D eigenvalue weighted by Gasteiger charge is 2.14. The van der Waals surface area contributed by atoms with Crippen LogP contribution in [-0.2, 0) is 0 Å². The van der Waals surface area contributed by atoms with Gasteiger partial charge >= 0.3 is 5.97 Å². The molecule has 0 fully saturated rings. The molecule has 0 saturated heterocycles. The molecule has 0 bridgehead atoms. The van der Waals surface area contributed by atoms with Crippen molar-refractivity contribution in [2.45, 2.75) is 0 Å². The van der Waals surface area contributed by atoms with Gasteiger partial charge in [-0.3, -0.25) is 5.10 Å². The van der Waals surface area contributed by atoms with E-state index in [9.17, 15) is 4.79 Å². The van der Waals surface area contributed by atoms with Gasteiger partial charge in [0.1, 0.15) is 5.69 Å². The van der Waals surface area contributed by atoms with Gasteiger partial charge in [0, 0.05) is 16.3 Å². The Kier molecular flexibility index (Phi) is 2.19. The van der Waals surface area contributed by atoms with Gasteiger partial charge in [-0.15, -0.1) is 0 Å². The maximum Gasteiger partial charge on any atom is 0.337 e. The maximum absolute atomic E-state index is 11.1. The average molecular weight is 244 g/mol. The van der Waals surface area contributed by atoms with Gasteiger partial charge in [-0.25, -0.2) is 4.79 Å². The smallest absolute Gasteiger partial charge is 0.337 e. The Balaban J connectivity index is 2.31. The predicted octanol–water partition coefficient (Wildman–Crippen LogP) is 2.99. The summed E-state index contributed by atoms with van der Waals surface area (Å²) < 4.78 is 0. The van der Waals surface area contributed by atoms with Gasteiger partial charge in [-0.2, -0.15) is 16.4 Å². The van der Waals surface area contributed by atoms with Crippen molar-refractivity contribution in [3.8, 4) is 11.3 Å². The molecule has 4 nitrogen and oxygen atoms in total. The normalized spacial score (nSPS) is 10.8. The second-order valence-corrected chi connectivity index (χ2v) is 4.40. The van der Waals surface area contributed by atoms with Crippen LogP contribution in [0.3, 0.4) is 0 Å². The van der Waals surface area contributed by atoms with E-state index in [4.69, 9.17) is 5.11 Å². The summed E-state index contributed by atoms with van der Waals surface area (Å²) in [4.78, 5) is 11.1. The zero-order valence-electron chi connectivity index (χ0n) is 8.68. The molecule has 2 heterocycles. The first-order chi connectivity index (χ1) is 8.27. The van der Waals surface area contributed by atoms with Crippen LogP contribution >= 0.6 is 11.3 Å². The van der Waals surface area contributed by atoms with E-state index in [1.165, 1.54) is 0 Å². The van der Waals surface area contributed by atoms with Crippen LogP contribution in [0.2, 0.25) is 0 Å². The minimum Gasteiger partial charge on any atom is -0.478 e. The molecule has 0 spiro atoms. The summed E-state index contributed by atoms with van der Waals surface area (Å²) in [6.07, 6.45) is 0. The standard InChI is InChI=1S/C12H8N2O2S/c15-12(16)9-3-1-2-8-10(13-14-11(8)9)7-4-5-17-6-7/h1-6H,(H,13,14)(H,15,16). The monoisotopic (exact) mass is 244 g/mol. The largest absolute Gasteiger partial charge is 0.478 e. The molecular formula is C12H8N2O2S. The van der Waals surface area contributed by atoms with E-state index in [-0.39, 0.29) is 5.56 Å². The molecule has 0 atom stereocenters. The van der Waals surface area contributed by atoms with E-state index in [2.05, 4.69) is 10.2 Å². The third-order valence-corrected chi connectivity index (χ3v) is 3.31. The second kappa shape index (κ2) is 3.71. The van der Waals surface area contributed by atoms with Gasteiger partial charge in [0.05, 0.1) is 11.1 Å². The fourth-order valence-corrected chi connectivity index (χ4v) is 2.48. The van der Waals surface area contributed by atoms with Crippen molar-refractivity contribution in [3.63, 3.8) is 0 Å². The molecule has 0 aliphatic carbocycles. The van der Waals surface area contributed by atoms with Gasteiger partial charge in [0.15, 0.2) is 0 Å². The molecule has 0 unspecified atom stereocenters. The Labute approximate surface area is 101 Å². The molecule has 3 rings (SSSR count). The lowest BCUT2D eigenvalue weighted by Gasteiger charge is -1.96. The van der Waals surface area contributed by atoms with Gasteiger partial charge in [-0.1, -0.05) is 12.1 Å². The minimum atomic E-state index is -0.948. The summed E-state index contributed by atoms with van der Waals surface area (Å²) in [5.74, 6) is -0.948. The molecule has 84 valence electrons. The Morgan fingerprint density at radius 1 is 1.35 bits per heavy atom. The number of carbonyl (C=O) groups is 1. The molecule has 0 radical (unpaired) electrons. The Morgan fingerprint density at radius 2 is 2.24 bits per heavy atom. The molecule has 0 amide bonds. The van der Waals surface area contributed by atoms with Crippen LogP contribution in [0, 0.1) is 0 Å². The lowest BCUT2D eigenvalue weighted by Crippen LogP contribution is -1.96. The molecule has 17 heavy (non-hydrogen) atoms. The summed E-state index contributed by atoms with van der Waals surface area (Å²) >= 11 is 1.59. The fraction of sp³-hybridized carbons (Fsp3) is 0. The van der Waals surface area contributed by atoms with Crippen molar-refractivity contribution in [1.29, 1.82) is 0 Å². The first kappa shape index (κ1) is 10.0. The van der Waals surface area contributed by atoms with E-state index in [1.54, 1.807) is 23.5 Å². The Hall–Kier alpha value is -2.14. The number of aromatic nitrogens is 2. The van der Waals surface area contributed by atoms with Crippen molar-refractivity contribution < 1.29 is 9.90 Å². The predicted molar refractivity (Wildman–Crippen MR) is 66.4 cm³/mol. The Morgan fingerprint density at radius 3 is 2.94 bits per heavy atom. The number of rotatable bonds is 2. The number of hydrogen-bond donors (Lipinski definition) is 2. The van der Waals surface area contributed by atoms with Crippen molar-refractivity contribution >= 4 is 28.2 Å². The van der Waals surface area contributed by atoms with E-state index < -0.39 is 5.97 Å². The summed E-state index contributed by atoms with van der Waals surface area (Å²) in [6.45, 7) is 0. The van der Waals surface area contributed by atoms with E-state index in [0.717, 1.165) is 16.6 Å². The number of benzene rings is 1. The summed E-state index contributed by atoms with van der Waals surface area (Å²) in [6, 6.07) is 7.14. The zero-order chi connectivity index (χ0) is 11.8. The summed E-state index contributed by atoms with van der Waals surface area (Å²) in [5.41, 5.74) is 2.62. The van der Waals surface area contributed by atoms with Crippen LogP contribution in [0.5, 0.6) is 0 Å². The molecular weight excluding hydrogens is 236 g/mol. The number of aromatic carboxylic acids is 1. The Bertz CT molecular complexity index is 686. The first-order valence-electron chi connectivity index (χ1n) is 5.00. The quantitative estimate of drug-likeness (QED) is 0.728. The van der Waals surface area contributed by atoms with Crippen LogP contribution in [-0.4, -0.2) is 21.3 Å². The number of aromatic amines is 1. The lowest BCUT2D eigenvalue weighted by molar-refractivity contribution is 0.0699. The van der Waals surface area contributed by atoms with E-state index >= 15 is 0 Å². The SMILES string of the molecule is O=C(O)c1cccc2c(-c3ccsc3)n[nH]c12. The molecule has 5 heteroatoms. The molecule has 2 aromatic heterocycles. The van der Waals surface area contributed by atoms with Crippen molar-refractivity contribution in [3.05, 3.63) is 40.6 Å². The van der Waals surface area contributed by atoms with Gasteiger partial charge in [-0.05, 0) is 17.5 Å². The van der Waals surface area contributed by atoms with Gasteiger partial charge < -0.3 is 5.11 Å². The maximum atomic E-state index is 11.1. The average Bonchev–Trinajstić information content (AvgIpc) is 2.96. The topological polar surface area (TPSA) is 66.0 Å². The van der Waals surface area contributed by atoms with Crippen molar-refractivity contribution in [2.24, 2.45) is 0 Å². The van der Waals surface area contributed by atoms with Crippen molar-refractivity contribution in [2.75, 3.05) is 0 Å². The lowest BCUT2D eigenvalue weighted by atomic mass is 10.1. The van der Waals surface area contributed by atoms with Gasteiger partial charge in [0.25, 0.3) is 0 Å². The number of carboxylic acid groups (broad SMARTS) is 1. The van der Waals surface area contributed by atoms with Gasteiger partial charge in [0.2, 0.25) is 0 Å². The van der Waals surface area contributed by atoms with Crippen LogP contribution in [0.1, 0.15) is 10.4 Å². The van der Waals surface area contributed by atoms with E-state index in [1.807, 2.05) is 22.9 Å². The fourth-order valence-electron chi connectivity index (χ4n) is 1.84. The highest BCUT2D eigenvalue weighted by Crippen LogP contribution is 2.29. The molecule has 1 aromatic carbocycles. The number of nitrogens with one attached hydrogen (secondary N) is 1. The molecule has 2 N–H and O–H groups in total. The number of thiophene rings is 1. The molecule has 0 saturated carbocycles. The molecule has 0 aliphatic rings. The third kappa shape index (κ3) is 1.52. The first-order valence-corrected chi connectivity index (χ1v) is 5.94. The van der Waals surface area contributed by atoms with Crippen molar-refractivity contribution in [1.82, 2.24) is 10.2 Å². The number of hydrogen-bond acceptors (Lipinski definition) is 3. The number of H-pyrrole nitrogens is 1. The molecule has 0 aliphatic heterocycles. The van der Waals surface area contributed by atoms with E-state index in [0.29, 0.717) is 5.52 Å².